The minimum atomic E-state index is -0.982. The second-order valence-electron chi connectivity index (χ2n) is 6.74. The topological polar surface area (TPSA) is 89.5 Å². The molecule has 0 aromatic heterocycles. The minimum Gasteiger partial charge on any atom is -0.497 e. The molecule has 1 amide bonds. The number of carbonyl (C=O) groups is 1. The molecule has 2 atom stereocenters. The Morgan fingerprint density at radius 3 is 2.28 bits per heavy atom. The first-order valence-electron chi connectivity index (χ1n) is 9.11. The van der Waals surface area contributed by atoms with E-state index in [-0.39, 0.29) is 11.8 Å². The number of rotatable bonds is 7. The fourth-order valence-corrected chi connectivity index (χ4v) is 3.52. The average molecular weight is 402 g/mol. The van der Waals surface area contributed by atoms with Crippen molar-refractivity contribution in [2.75, 3.05) is 47.3 Å². The zero-order valence-corrected chi connectivity index (χ0v) is 17.2. The summed E-state index contributed by atoms with van der Waals surface area (Å²) in [7, 11) is 7.88. The fourth-order valence-electron chi connectivity index (χ4n) is 3.52. The standard InChI is InChI=1S/C21H26N2O6/c1-23-11-15(13-9-18(28-4)19(29-5)10-14(13)21(23)25)20(24)22-16-7-6-12(26-2)8-17(16)27-3/h6-10,15,20,22,24H,11H2,1-5H3. The number of nitrogens with one attached hydrogen (secondary N) is 1. The van der Waals surface area contributed by atoms with Crippen LogP contribution in [0.1, 0.15) is 21.8 Å². The maximum atomic E-state index is 12.7. The molecule has 0 aliphatic carbocycles. The van der Waals surface area contributed by atoms with E-state index in [0.717, 1.165) is 0 Å². The van der Waals surface area contributed by atoms with Crippen LogP contribution in [0.15, 0.2) is 30.3 Å². The van der Waals surface area contributed by atoms with Crippen LogP contribution in [0, 0.1) is 0 Å². The van der Waals surface area contributed by atoms with Gasteiger partial charge in [0.2, 0.25) is 0 Å². The lowest BCUT2D eigenvalue weighted by molar-refractivity contribution is 0.0707. The Morgan fingerprint density at radius 2 is 1.66 bits per heavy atom. The second kappa shape index (κ2) is 8.48. The van der Waals surface area contributed by atoms with Gasteiger partial charge in [-0.3, -0.25) is 4.79 Å². The Morgan fingerprint density at radius 1 is 1.00 bits per heavy atom. The molecule has 2 aromatic rings. The van der Waals surface area contributed by atoms with Crippen molar-refractivity contribution in [2.24, 2.45) is 0 Å². The molecular formula is C21H26N2O6. The van der Waals surface area contributed by atoms with E-state index in [9.17, 15) is 9.90 Å². The zero-order chi connectivity index (χ0) is 21.1. The molecule has 2 aromatic carbocycles. The molecule has 1 aliphatic heterocycles. The van der Waals surface area contributed by atoms with E-state index in [1.165, 1.54) is 14.2 Å². The molecule has 0 fully saturated rings. The zero-order valence-electron chi connectivity index (χ0n) is 17.2. The van der Waals surface area contributed by atoms with Crippen molar-refractivity contribution in [1.29, 1.82) is 0 Å². The van der Waals surface area contributed by atoms with Crippen LogP contribution in [0.3, 0.4) is 0 Å². The molecule has 0 spiro atoms. The maximum absolute atomic E-state index is 12.7. The van der Waals surface area contributed by atoms with Crippen LogP contribution in [-0.4, -0.2) is 64.2 Å². The number of hydrogen-bond acceptors (Lipinski definition) is 7. The van der Waals surface area contributed by atoms with Crippen molar-refractivity contribution in [3.8, 4) is 23.0 Å². The highest BCUT2D eigenvalue weighted by Gasteiger charge is 2.35. The number of amides is 1. The molecule has 1 heterocycles. The van der Waals surface area contributed by atoms with Gasteiger partial charge in [-0.15, -0.1) is 0 Å². The highest BCUT2D eigenvalue weighted by atomic mass is 16.5. The lowest BCUT2D eigenvalue weighted by Crippen LogP contribution is -2.43. The van der Waals surface area contributed by atoms with Gasteiger partial charge in [0.1, 0.15) is 17.7 Å². The van der Waals surface area contributed by atoms with Gasteiger partial charge in [0.15, 0.2) is 11.5 Å². The van der Waals surface area contributed by atoms with E-state index in [1.807, 2.05) is 0 Å². The van der Waals surface area contributed by atoms with Crippen molar-refractivity contribution in [2.45, 2.75) is 12.1 Å². The van der Waals surface area contributed by atoms with Crippen LogP contribution in [0.5, 0.6) is 23.0 Å². The SMILES string of the molecule is COc1ccc(NC(O)C2CN(C)C(=O)c3cc(OC)c(OC)cc32)c(OC)c1. The number of anilines is 1. The number of fused-ring (bicyclic) bond motifs is 1. The summed E-state index contributed by atoms with van der Waals surface area (Å²) >= 11 is 0. The molecule has 0 saturated carbocycles. The predicted octanol–water partition coefficient (Wildman–Crippen LogP) is 2.32. The number of aliphatic hydroxyl groups is 1. The Labute approximate surface area is 169 Å². The van der Waals surface area contributed by atoms with E-state index in [1.54, 1.807) is 56.5 Å². The lowest BCUT2D eigenvalue weighted by atomic mass is 9.87. The first-order chi connectivity index (χ1) is 13.9. The van der Waals surface area contributed by atoms with Gasteiger partial charge in [-0.25, -0.2) is 0 Å². The first-order valence-corrected chi connectivity index (χ1v) is 9.11. The molecule has 0 saturated heterocycles. The van der Waals surface area contributed by atoms with Crippen LogP contribution in [-0.2, 0) is 0 Å². The number of ether oxygens (including phenoxy) is 4. The highest BCUT2D eigenvalue weighted by molar-refractivity contribution is 5.98. The summed E-state index contributed by atoms with van der Waals surface area (Å²) < 4.78 is 21.3. The van der Waals surface area contributed by atoms with Crippen molar-refractivity contribution >= 4 is 11.6 Å². The van der Waals surface area contributed by atoms with Crippen molar-refractivity contribution in [1.82, 2.24) is 4.90 Å². The third kappa shape index (κ3) is 3.88. The molecule has 29 heavy (non-hydrogen) atoms. The highest BCUT2D eigenvalue weighted by Crippen LogP contribution is 2.39. The van der Waals surface area contributed by atoms with Crippen molar-refractivity contribution < 1.29 is 28.8 Å². The summed E-state index contributed by atoms with van der Waals surface area (Å²) in [4.78, 5) is 14.3. The Kier molecular flexibility index (Phi) is 6.03. The molecule has 2 unspecified atom stereocenters. The van der Waals surface area contributed by atoms with Gasteiger partial charge in [-0.05, 0) is 29.8 Å². The van der Waals surface area contributed by atoms with Crippen LogP contribution in [0.25, 0.3) is 0 Å². The number of aliphatic hydroxyl groups excluding tert-OH is 1. The molecule has 0 bridgehead atoms. The molecule has 1 aliphatic rings. The fraction of sp³-hybridized carbons (Fsp3) is 0.381. The summed E-state index contributed by atoms with van der Waals surface area (Å²) in [6.45, 7) is 0.341. The van der Waals surface area contributed by atoms with Gasteiger partial charge in [0, 0.05) is 31.1 Å². The third-order valence-corrected chi connectivity index (χ3v) is 5.10. The van der Waals surface area contributed by atoms with Gasteiger partial charge in [-0.1, -0.05) is 0 Å². The number of likely N-dealkylation sites (N-methyl/N-ethyl adjacent to an activating group) is 1. The van der Waals surface area contributed by atoms with Crippen LogP contribution in [0.2, 0.25) is 0 Å². The van der Waals surface area contributed by atoms with E-state index < -0.39 is 6.23 Å². The number of benzene rings is 2. The maximum Gasteiger partial charge on any atom is 0.254 e. The van der Waals surface area contributed by atoms with Gasteiger partial charge >= 0.3 is 0 Å². The minimum absolute atomic E-state index is 0.133. The largest absolute Gasteiger partial charge is 0.497 e. The normalized spacial score (nSPS) is 16.7. The molecule has 156 valence electrons. The molecular weight excluding hydrogens is 376 g/mol. The van der Waals surface area contributed by atoms with Crippen molar-refractivity contribution in [3.05, 3.63) is 41.5 Å². The lowest BCUT2D eigenvalue weighted by Gasteiger charge is -2.35. The third-order valence-electron chi connectivity index (χ3n) is 5.10. The van der Waals surface area contributed by atoms with E-state index >= 15 is 0 Å². The Bertz CT molecular complexity index is 901. The average Bonchev–Trinajstić information content (AvgIpc) is 2.75. The van der Waals surface area contributed by atoms with Gasteiger partial charge < -0.3 is 34.3 Å². The summed E-state index contributed by atoms with van der Waals surface area (Å²) in [6.07, 6.45) is -0.982. The summed E-state index contributed by atoms with van der Waals surface area (Å²) in [5.74, 6) is 1.63. The summed E-state index contributed by atoms with van der Waals surface area (Å²) in [5.41, 5.74) is 1.78. The summed E-state index contributed by atoms with van der Waals surface area (Å²) in [6, 6.07) is 8.68. The predicted molar refractivity (Wildman–Crippen MR) is 108 cm³/mol. The summed E-state index contributed by atoms with van der Waals surface area (Å²) in [5, 5.41) is 14.1. The van der Waals surface area contributed by atoms with Crippen LogP contribution >= 0.6 is 0 Å². The Balaban J connectivity index is 1.97. The molecule has 8 nitrogen and oxygen atoms in total. The number of nitrogens with zero attached hydrogens (tertiary/aromatic N) is 1. The van der Waals surface area contributed by atoms with Gasteiger partial charge in [-0.2, -0.15) is 0 Å². The first kappa shape index (κ1) is 20.6. The number of methoxy groups -OCH3 is 4. The van der Waals surface area contributed by atoms with E-state index in [4.69, 9.17) is 18.9 Å². The molecule has 3 rings (SSSR count). The smallest absolute Gasteiger partial charge is 0.254 e. The molecule has 0 radical (unpaired) electrons. The molecule has 2 N–H and O–H groups in total. The number of hydrogen-bond donors (Lipinski definition) is 2. The second-order valence-corrected chi connectivity index (χ2v) is 6.74. The monoisotopic (exact) mass is 402 g/mol. The van der Waals surface area contributed by atoms with Crippen LogP contribution in [0.4, 0.5) is 5.69 Å². The van der Waals surface area contributed by atoms with Crippen LogP contribution < -0.4 is 24.3 Å². The van der Waals surface area contributed by atoms with Gasteiger partial charge in [0.05, 0.1) is 34.1 Å². The van der Waals surface area contributed by atoms with Crippen molar-refractivity contribution in [3.63, 3.8) is 0 Å². The number of carbonyl (C=O) groups excluding carboxylic acids is 1. The quantitative estimate of drug-likeness (QED) is 0.687. The van der Waals surface area contributed by atoms with E-state index in [2.05, 4.69) is 5.32 Å². The van der Waals surface area contributed by atoms with Gasteiger partial charge in [0.25, 0.3) is 5.91 Å². The Hall–Kier alpha value is -3.13. The van der Waals surface area contributed by atoms with E-state index in [0.29, 0.717) is 46.4 Å². The molecule has 8 heteroatoms.